The van der Waals surface area contributed by atoms with E-state index in [1.54, 1.807) is 6.07 Å². The summed E-state index contributed by atoms with van der Waals surface area (Å²) in [6.45, 7) is 5.53. The number of nitrogens with one attached hydrogen (secondary N) is 2. The van der Waals surface area contributed by atoms with Gasteiger partial charge >= 0.3 is 0 Å². The molecule has 0 saturated carbocycles. The monoisotopic (exact) mass is 437 g/mol. The maximum atomic E-state index is 12.3. The largest absolute Gasteiger partial charge is 0.379 e. The Hall–Kier alpha value is -2.62. The highest BCUT2D eigenvalue weighted by Crippen LogP contribution is 2.32. The second-order valence-corrected chi connectivity index (χ2v) is 8.83. The van der Waals surface area contributed by atoms with Crippen molar-refractivity contribution in [3.05, 3.63) is 29.7 Å². The van der Waals surface area contributed by atoms with Crippen LogP contribution in [0, 0.1) is 0 Å². The number of fused-ring (bicyclic) bond motifs is 1. The van der Waals surface area contributed by atoms with Gasteiger partial charge in [0.05, 0.1) is 24.5 Å². The number of nitrogens with two attached hydrogens (primary N) is 1. The van der Waals surface area contributed by atoms with Crippen LogP contribution in [-0.4, -0.2) is 77.2 Å². The number of nitrogens with zero attached hydrogens (tertiary/aromatic N) is 4. The lowest BCUT2D eigenvalue weighted by Crippen LogP contribution is -2.43. The van der Waals surface area contributed by atoms with E-state index in [2.05, 4.69) is 31.6 Å². The minimum absolute atomic E-state index is 0.271. The van der Waals surface area contributed by atoms with Gasteiger partial charge in [-0.3, -0.25) is 9.69 Å². The fourth-order valence-electron chi connectivity index (χ4n) is 4.99. The van der Waals surface area contributed by atoms with E-state index in [-0.39, 0.29) is 6.04 Å². The number of piperidine rings is 1. The van der Waals surface area contributed by atoms with Crippen LogP contribution in [0.1, 0.15) is 48.2 Å². The van der Waals surface area contributed by atoms with Crippen molar-refractivity contribution >= 4 is 28.3 Å². The molecule has 4 N–H and O–H groups in total. The molecule has 0 aromatic carbocycles. The van der Waals surface area contributed by atoms with Gasteiger partial charge in [0.25, 0.3) is 5.91 Å². The quantitative estimate of drug-likeness (QED) is 0.645. The Morgan fingerprint density at radius 2 is 2.09 bits per heavy atom. The van der Waals surface area contributed by atoms with Crippen molar-refractivity contribution < 1.29 is 9.53 Å². The molecule has 0 spiro atoms. The molecule has 2 atom stereocenters. The summed E-state index contributed by atoms with van der Waals surface area (Å²) in [5.41, 5.74) is 9.21. The molecule has 4 heterocycles. The third kappa shape index (κ3) is 4.46. The molecule has 1 amide bonds. The summed E-state index contributed by atoms with van der Waals surface area (Å²) in [6.07, 6.45) is 8.89. The number of aromatic nitrogens is 3. The van der Waals surface area contributed by atoms with Gasteiger partial charge in [0.15, 0.2) is 5.82 Å². The molecule has 1 unspecified atom stereocenters. The zero-order valence-corrected chi connectivity index (χ0v) is 18.3. The molecule has 0 radical (unpaired) electrons. The zero-order valence-electron chi connectivity index (χ0n) is 18.3. The summed E-state index contributed by atoms with van der Waals surface area (Å²) in [5.74, 6) is 0.167. The number of rotatable bonds is 5. The summed E-state index contributed by atoms with van der Waals surface area (Å²) in [5, 5.41) is 6.91. The van der Waals surface area contributed by atoms with Gasteiger partial charge < -0.3 is 21.1 Å². The molecule has 2 fully saturated rings. The molecule has 9 heteroatoms. The molecule has 170 valence electrons. The number of anilines is 1. The number of hydrogen-bond acceptors (Lipinski definition) is 8. The number of carbonyl (C=O) groups is 1. The molecular weight excluding hydrogens is 406 g/mol. The van der Waals surface area contributed by atoms with Crippen molar-refractivity contribution in [1.82, 2.24) is 25.2 Å². The van der Waals surface area contributed by atoms with Gasteiger partial charge in [0.2, 0.25) is 0 Å². The first-order chi connectivity index (χ1) is 15.7. The summed E-state index contributed by atoms with van der Waals surface area (Å²) < 4.78 is 5.49. The summed E-state index contributed by atoms with van der Waals surface area (Å²) in [4.78, 5) is 28.5. The minimum Gasteiger partial charge on any atom is -0.379 e. The molecule has 1 aliphatic carbocycles. The van der Waals surface area contributed by atoms with Gasteiger partial charge in [-0.25, -0.2) is 15.0 Å². The molecular formula is C23H31N7O2. The Kier molecular flexibility index (Phi) is 6.29. The van der Waals surface area contributed by atoms with Crippen LogP contribution in [0.3, 0.4) is 0 Å². The number of carbonyl (C=O) groups excluding carboxylic acids is 1. The Morgan fingerprint density at radius 3 is 2.81 bits per heavy atom. The van der Waals surface area contributed by atoms with Crippen LogP contribution in [0.15, 0.2) is 18.5 Å². The fraction of sp³-hybridized carbons (Fsp3) is 0.565. The summed E-state index contributed by atoms with van der Waals surface area (Å²) in [7, 11) is 0. The number of hydrogen-bond donors (Lipinski definition) is 3. The van der Waals surface area contributed by atoms with Crippen LogP contribution < -0.4 is 16.4 Å². The van der Waals surface area contributed by atoms with Gasteiger partial charge in [-0.2, -0.15) is 0 Å². The lowest BCUT2D eigenvalue weighted by Gasteiger charge is -2.36. The van der Waals surface area contributed by atoms with Gasteiger partial charge in [-0.15, -0.1) is 0 Å². The average Bonchev–Trinajstić information content (AvgIpc) is 2.85. The molecule has 3 aliphatic rings. The summed E-state index contributed by atoms with van der Waals surface area (Å²) in [6, 6.07) is 2.61. The Morgan fingerprint density at radius 1 is 1.22 bits per heavy atom. The van der Waals surface area contributed by atoms with Crippen LogP contribution in [-0.2, 0) is 4.74 Å². The van der Waals surface area contributed by atoms with Crippen molar-refractivity contribution in [2.75, 3.05) is 44.7 Å². The standard InChI is InChI=1S/C23H31N7O2/c24-22(31)18-12-19(15-3-5-17(6-4-15)30-8-10-32-11-9-30)29-21-20(18)26-14-27-23(21)28-16-2-1-7-25-13-16/h3,12,14,16-17,25H,1-2,4-11,13H2,(H2,24,31)(H,26,27,28)/t16-,17?/m0/s1. The van der Waals surface area contributed by atoms with E-state index in [9.17, 15) is 4.79 Å². The average molecular weight is 438 g/mol. The molecule has 2 aliphatic heterocycles. The molecule has 0 bridgehead atoms. The Balaban J connectivity index is 1.45. The van der Waals surface area contributed by atoms with E-state index >= 15 is 0 Å². The van der Waals surface area contributed by atoms with E-state index in [1.165, 1.54) is 6.33 Å². The first-order valence-electron chi connectivity index (χ1n) is 11.6. The lowest BCUT2D eigenvalue weighted by atomic mass is 9.91. The van der Waals surface area contributed by atoms with Crippen molar-refractivity contribution in [3.8, 4) is 0 Å². The SMILES string of the molecule is NC(=O)c1cc(C2=CCC(N3CCOCC3)CC2)nc2c(N[C@H]3CCCNC3)ncnc12. The highest BCUT2D eigenvalue weighted by atomic mass is 16.5. The van der Waals surface area contributed by atoms with Crippen molar-refractivity contribution in [1.29, 1.82) is 0 Å². The van der Waals surface area contributed by atoms with E-state index in [1.807, 2.05) is 0 Å². The number of amides is 1. The van der Waals surface area contributed by atoms with Gasteiger partial charge in [-0.1, -0.05) is 6.08 Å². The van der Waals surface area contributed by atoms with Gasteiger partial charge in [-0.05, 0) is 50.3 Å². The van der Waals surface area contributed by atoms with Crippen molar-refractivity contribution in [2.24, 2.45) is 5.73 Å². The first kappa shape index (κ1) is 21.2. The molecule has 2 aromatic heterocycles. The van der Waals surface area contributed by atoms with Crippen LogP contribution in [0.2, 0.25) is 0 Å². The Bertz CT molecular complexity index is 1010. The van der Waals surface area contributed by atoms with E-state index in [0.29, 0.717) is 28.5 Å². The number of primary amides is 1. The van der Waals surface area contributed by atoms with Crippen molar-refractivity contribution in [2.45, 2.75) is 44.2 Å². The topological polar surface area (TPSA) is 118 Å². The van der Waals surface area contributed by atoms with Gasteiger partial charge in [0.1, 0.15) is 17.4 Å². The smallest absolute Gasteiger partial charge is 0.251 e. The molecule has 5 rings (SSSR count). The maximum Gasteiger partial charge on any atom is 0.251 e. The fourth-order valence-corrected chi connectivity index (χ4v) is 4.99. The van der Waals surface area contributed by atoms with Crippen LogP contribution in [0.5, 0.6) is 0 Å². The second kappa shape index (κ2) is 9.48. The first-order valence-corrected chi connectivity index (χ1v) is 11.6. The molecule has 2 aromatic rings. The highest BCUT2D eigenvalue weighted by Gasteiger charge is 2.25. The zero-order chi connectivity index (χ0) is 21.9. The van der Waals surface area contributed by atoms with Gasteiger partial charge in [0, 0.05) is 31.7 Å². The number of pyridine rings is 1. The number of allylic oxidation sites excluding steroid dienone is 1. The van der Waals surface area contributed by atoms with E-state index in [0.717, 1.165) is 82.8 Å². The molecule has 9 nitrogen and oxygen atoms in total. The molecule has 2 saturated heterocycles. The van der Waals surface area contributed by atoms with Crippen LogP contribution >= 0.6 is 0 Å². The highest BCUT2D eigenvalue weighted by molar-refractivity contribution is 6.06. The minimum atomic E-state index is -0.495. The predicted molar refractivity (Wildman–Crippen MR) is 123 cm³/mol. The van der Waals surface area contributed by atoms with Crippen LogP contribution in [0.4, 0.5) is 5.82 Å². The predicted octanol–water partition coefficient (Wildman–Crippen LogP) is 1.56. The third-order valence-corrected chi connectivity index (χ3v) is 6.77. The summed E-state index contributed by atoms with van der Waals surface area (Å²) >= 11 is 0. The third-order valence-electron chi connectivity index (χ3n) is 6.77. The number of ether oxygens (including phenoxy) is 1. The van der Waals surface area contributed by atoms with E-state index < -0.39 is 5.91 Å². The normalized spacial score (nSPS) is 24.8. The second-order valence-electron chi connectivity index (χ2n) is 8.83. The maximum absolute atomic E-state index is 12.3. The lowest BCUT2D eigenvalue weighted by molar-refractivity contribution is 0.0150. The molecule has 32 heavy (non-hydrogen) atoms. The van der Waals surface area contributed by atoms with Crippen LogP contribution in [0.25, 0.3) is 16.6 Å². The number of morpholine rings is 1. The van der Waals surface area contributed by atoms with E-state index in [4.69, 9.17) is 15.5 Å². The van der Waals surface area contributed by atoms with Crippen molar-refractivity contribution in [3.63, 3.8) is 0 Å². The Labute approximate surface area is 187 Å².